The van der Waals surface area contributed by atoms with Crippen LogP contribution in [0.4, 0.5) is 8.78 Å². The van der Waals surface area contributed by atoms with E-state index in [1.165, 1.54) is 13.2 Å². The molecule has 0 bridgehead atoms. The van der Waals surface area contributed by atoms with Crippen LogP contribution in [0.1, 0.15) is 5.56 Å². The zero-order valence-corrected chi connectivity index (χ0v) is 13.6. The smallest absolute Gasteiger partial charge is 0.167 e. The Morgan fingerprint density at radius 3 is 2.29 bits per heavy atom. The van der Waals surface area contributed by atoms with Crippen LogP contribution in [0.2, 0.25) is 0 Å². The normalized spacial score (nSPS) is 15.0. The van der Waals surface area contributed by atoms with Crippen molar-refractivity contribution in [3.8, 4) is 17.2 Å². The summed E-state index contributed by atoms with van der Waals surface area (Å²) in [7, 11) is 3.04. The molecule has 1 aliphatic heterocycles. The minimum atomic E-state index is -0.867. The predicted octanol–water partition coefficient (Wildman–Crippen LogP) is 3.25. The minimum Gasteiger partial charge on any atom is -0.496 e. The topological polar surface area (TPSA) is 30.9 Å². The lowest BCUT2D eigenvalue weighted by molar-refractivity contribution is 0.0120. The van der Waals surface area contributed by atoms with Crippen LogP contribution in [0.5, 0.6) is 17.2 Å². The van der Waals surface area contributed by atoms with Crippen molar-refractivity contribution in [2.45, 2.75) is 12.6 Å². The fourth-order valence-corrected chi connectivity index (χ4v) is 2.76. The van der Waals surface area contributed by atoms with Crippen molar-refractivity contribution in [2.75, 3.05) is 27.3 Å². The number of halogens is 2. The molecule has 1 aliphatic rings. The van der Waals surface area contributed by atoms with Gasteiger partial charge in [-0.2, -0.15) is 0 Å². The molecule has 0 N–H and O–H groups in total. The Morgan fingerprint density at radius 1 is 0.958 bits per heavy atom. The molecule has 6 heteroatoms. The van der Waals surface area contributed by atoms with Crippen molar-refractivity contribution in [1.29, 1.82) is 0 Å². The van der Waals surface area contributed by atoms with E-state index in [1.54, 1.807) is 7.11 Å². The maximum Gasteiger partial charge on any atom is 0.167 e. The highest BCUT2D eigenvalue weighted by molar-refractivity contribution is 5.40. The van der Waals surface area contributed by atoms with E-state index in [2.05, 4.69) is 0 Å². The molecule has 0 spiro atoms. The van der Waals surface area contributed by atoms with E-state index in [0.717, 1.165) is 6.07 Å². The largest absolute Gasteiger partial charge is 0.496 e. The van der Waals surface area contributed by atoms with Gasteiger partial charge in [0.1, 0.15) is 11.9 Å². The number of rotatable bonds is 6. The summed E-state index contributed by atoms with van der Waals surface area (Å²) in [6.07, 6.45) is -0.0103. The van der Waals surface area contributed by atoms with Crippen LogP contribution in [-0.2, 0) is 6.54 Å². The summed E-state index contributed by atoms with van der Waals surface area (Å²) in [5, 5.41) is 0. The molecule has 2 aromatic carbocycles. The highest BCUT2D eigenvalue weighted by Gasteiger charge is 2.31. The summed E-state index contributed by atoms with van der Waals surface area (Å²) >= 11 is 0. The van der Waals surface area contributed by atoms with E-state index < -0.39 is 11.6 Å². The van der Waals surface area contributed by atoms with Crippen LogP contribution in [-0.4, -0.2) is 38.3 Å². The lowest BCUT2D eigenvalue weighted by Crippen LogP contribution is -2.53. The van der Waals surface area contributed by atoms with Gasteiger partial charge >= 0.3 is 0 Å². The van der Waals surface area contributed by atoms with Crippen molar-refractivity contribution in [1.82, 2.24) is 4.90 Å². The Kier molecular flexibility index (Phi) is 4.85. The quantitative estimate of drug-likeness (QED) is 0.811. The summed E-state index contributed by atoms with van der Waals surface area (Å²) in [4.78, 5) is 1.97. The number of nitrogens with zero attached hydrogens (tertiary/aromatic N) is 1. The highest BCUT2D eigenvalue weighted by atomic mass is 19.2. The third kappa shape index (κ3) is 3.28. The summed E-state index contributed by atoms with van der Waals surface area (Å²) in [5.74, 6) is -0.0208. The molecule has 0 radical (unpaired) electrons. The van der Waals surface area contributed by atoms with Crippen LogP contribution in [0.3, 0.4) is 0 Å². The second-order valence-corrected chi connectivity index (χ2v) is 5.63. The molecule has 1 fully saturated rings. The van der Waals surface area contributed by atoms with E-state index in [-0.39, 0.29) is 18.2 Å². The van der Waals surface area contributed by atoms with Crippen molar-refractivity contribution in [3.05, 3.63) is 53.6 Å². The minimum absolute atomic E-state index is 0.0103. The van der Waals surface area contributed by atoms with Crippen LogP contribution in [0.25, 0.3) is 0 Å². The van der Waals surface area contributed by atoms with E-state index in [9.17, 15) is 8.78 Å². The van der Waals surface area contributed by atoms with Crippen LogP contribution >= 0.6 is 0 Å². The highest BCUT2D eigenvalue weighted by Crippen LogP contribution is 2.30. The van der Waals surface area contributed by atoms with Crippen LogP contribution in [0.15, 0.2) is 36.4 Å². The standard InChI is InChI=1S/C18H19F2NO3/c1-22-15-8-7-14(19)18(20)13(15)11-21-9-12(10-21)24-17-6-4-3-5-16(17)23-2/h3-8,12H,9-11H2,1-2H3. The van der Waals surface area contributed by atoms with Crippen LogP contribution in [0, 0.1) is 11.6 Å². The number of benzene rings is 2. The first-order chi connectivity index (χ1) is 11.6. The molecule has 0 aromatic heterocycles. The van der Waals surface area contributed by atoms with Gasteiger partial charge < -0.3 is 14.2 Å². The van der Waals surface area contributed by atoms with E-state index in [0.29, 0.717) is 30.3 Å². The first-order valence-electron chi connectivity index (χ1n) is 7.65. The SMILES string of the molecule is COc1ccccc1OC1CN(Cc2c(OC)ccc(F)c2F)C1. The Bertz CT molecular complexity index is 717. The summed E-state index contributed by atoms with van der Waals surface area (Å²) in [5.41, 5.74) is 0.230. The zero-order chi connectivity index (χ0) is 17.1. The number of hydrogen-bond donors (Lipinski definition) is 0. The number of methoxy groups -OCH3 is 2. The fraction of sp³-hybridized carbons (Fsp3) is 0.333. The number of hydrogen-bond acceptors (Lipinski definition) is 4. The number of para-hydroxylation sites is 2. The molecule has 4 nitrogen and oxygen atoms in total. The van der Waals surface area contributed by atoms with Gasteiger partial charge in [0.15, 0.2) is 23.1 Å². The molecule has 0 saturated carbocycles. The molecule has 2 aromatic rings. The van der Waals surface area contributed by atoms with Gasteiger partial charge in [0, 0.05) is 25.2 Å². The summed E-state index contributed by atoms with van der Waals surface area (Å²) < 4.78 is 43.7. The lowest BCUT2D eigenvalue weighted by Gasteiger charge is -2.39. The number of ether oxygens (including phenoxy) is 3. The molecular weight excluding hydrogens is 316 g/mol. The maximum atomic E-state index is 14.0. The fourth-order valence-electron chi connectivity index (χ4n) is 2.76. The second-order valence-electron chi connectivity index (χ2n) is 5.63. The van der Waals surface area contributed by atoms with E-state index in [4.69, 9.17) is 14.2 Å². The van der Waals surface area contributed by atoms with Gasteiger partial charge in [0.05, 0.1) is 14.2 Å². The molecule has 3 rings (SSSR count). The first kappa shape index (κ1) is 16.5. The Morgan fingerprint density at radius 2 is 1.62 bits per heavy atom. The Labute approximate surface area is 139 Å². The van der Waals surface area contributed by atoms with E-state index in [1.807, 2.05) is 29.2 Å². The molecule has 0 unspecified atom stereocenters. The average Bonchev–Trinajstić information content (AvgIpc) is 2.57. The summed E-state index contributed by atoms with van der Waals surface area (Å²) in [6.45, 7) is 1.52. The Hall–Kier alpha value is -2.34. The van der Waals surface area contributed by atoms with E-state index >= 15 is 0 Å². The van der Waals surface area contributed by atoms with Gasteiger partial charge in [-0.05, 0) is 24.3 Å². The van der Waals surface area contributed by atoms with Crippen molar-refractivity contribution in [2.24, 2.45) is 0 Å². The molecule has 0 aliphatic carbocycles. The predicted molar refractivity (Wildman–Crippen MR) is 85.6 cm³/mol. The van der Waals surface area contributed by atoms with Gasteiger partial charge in [0.25, 0.3) is 0 Å². The van der Waals surface area contributed by atoms with Gasteiger partial charge in [-0.25, -0.2) is 8.78 Å². The lowest BCUT2D eigenvalue weighted by atomic mass is 10.1. The zero-order valence-electron chi connectivity index (χ0n) is 13.6. The number of likely N-dealkylation sites (tertiary alicyclic amines) is 1. The van der Waals surface area contributed by atoms with Crippen molar-refractivity contribution >= 4 is 0 Å². The third-order valence-corrected chi connectivity index (χ3v) is 4.04. The van der Waals surface area contributed by atoms with Crippen LogP contribution < -0.4 is 14.2 Å². The third-order valence-electron chi connectivity index (χ3n) is 4.04. The van der Waals surface area contributed by atoms with Gasteiger partial charge in [0.2, 0.25) is 0 Å². The molecule has 0 atom stereocenters. The average molecular weight is 335 g/mol. The molecular formula is C18H19F2NO3. The van der Waals surface area contributed by atoms with Crippen molar-refractivity contribution in [3.63, 3.8) is 0 Å². The molecule has 24 heavy (non-hydrogen) atoms. The second kappa shape index (κ2) is 7.05. The monoisotopic (exact) mass is 335 g/mol. The maximum absolute atomic E-state index is 14.0. The van der Waals surface area contributed by atoms with Gasteiger partial charge in [-0.15, -0.1) is 0 Å². The van der Waals surface area contributed by atoms with Gasteiger partial charge in [-0.1, -0.05) is 12.1 Å². The molecule has 128 valence electrons. The molecule has 1 saturated heterocycles. The first-order valence-corrected chi connectivity index (χ1v) is 7.65. The Balaban J connectivity index is 1.61. The molecule has 0 amide bonds. The van der Waals surface area contributed by atoms with Gasteiger partial charge in [-0.3, -0.25) is 4.90 Å². The summed E-state index contributed by atoms with van der Waals surface area (Å²) in [6, 6.07) is 9.94. The van der Waals surface area contributed by atoms with Crippen molar-refractivity contribution < 1.29 is 23.0 Å². The molecule has 1 heterocycles.